The summed E-state index contributed by atoms with van der Waals surface area (Å²) < 4.78 is 26.6. The number of aryl methyl sites for hydroxylation is 1. The number of likely N-dealkylation sites (N-methyl/N-ethyl adjacent to an activating group) is 1. The van der Waals surface area contributed by atoms with Crippen molar-refractivity contribution in [1.82, 2.24) is 10.3 Å². The minimum absolute atomic E-state index is 0.124. The molecule has 1 aromatic heterocycles. The Morgan fingerprint density at radius 2 is 1.95 bits per heavy atom. The molecule has 2 rings (SSSR count). The number of rotatable bonds is 5. The first-order valence-corrected chi connectivity index (χ1v) is 7.07. The van der Waals surface area contributed by atoms with Crippen LogP contribution >= 0.6 is 11.3 Å². The molecule has 0 aliphatic heterocycles. The highest BCUT2D eigenvalue weighted by Crippen LogP contribution is 2.22. The summed E-state index contributed by atoms with van der Waals surface area (Å²) in [5.41, 5.74) is 1.59. The van der Waals surface area contributed by atoms with E-state index in [-0.39, 0.29) is 6.04 Å². The highest BCUT2D eigenvalue weighted by Gasteiger charge is 2.15. The number of thiazole rings is 1. The summed E-state index contributed by atoms with van der Waals surface area (Å²) in [7, 11) is 0. The van der Waals surface area contributed by atoms with Gasteiger partial charge in [-0.2, -0.15) is 0 Å². The lowest BCUT2D eigenvalue weighted by Gasteiger charge is -2.17. The normalized spacial score (nSPS) is 12.6. The van der Waals surface area contributed by atoms with Gasteiger partial charge in [0, 0.05) is 29.6 Å². The Morgan fingerprint density at radius 1 is 1.26 bits per heavy atom. The maximum absolute atomic E-state index is 13.3. The number of hydrogen-bond donors (Lipinski definition) is 1. The zero-order chi connectivity index (χ0) is 13.8. The second-order valence-corrected chi connectivity index (χ2v) is 5.34. The second-order valence-electron chi connectivity index (χ2n) is 4.40. The van der Waals surface area contributed by atoms with Crippen LogP contribution in [0.1, 0.15) is 29.2 Å². The van der Waals surface area contributed by atoms with Gasteiger partial charge in [-0.25, -0.2) is 13.8 Å². The van der Waals surface area contributed by atoms with Gasteiger partial charge in [0.1, 0.15) is 11.6 Å². The monoisotopic (exact) mass is 282 g/mol. The third-order valence-electron chi connectivity index (χ3n) is 2.78. The van der Waals surface area contributed by atoms with Crippen molar-refractivity contribution < 1.29 is 8.78 Å². The average Bonchev–Trinajstić information content (AvgIpc) is 2.73. The molecule has 0 bridgehead atoms. The van der Waals surface area contributed by atoms with Gasteiger partial charge in [-0.15, -0.1) is 11.3 Å². The Hall–Kier alpha value is -1.33. The van der Waals surface area contributed by atoms with Gasteiger partial charge in [-0.1, -0.05) is 6.92 Å². The van der Waals surface area contributed by atoms with Gasteiger partial charge >= 0.3 is 0 Å². The maximum atomic E-state index is 13.3. The fourth-order valence-corrected chi connectivity index (χ4v) is 2.82. The molecule has 0 aliphatic carbocycles. The van der Waals surface area contributed by atoms with E-state index in [1.807, 2.05) is 19.2 Å². The van der Waals surface area contributed by atoms with Crippen LogP contribution in [0, 0.1) is 18.6 Å². The largest absolute Gasteiger partial charge is 0.310 e. The Bertz CT molecular complexity index is 534. The molecule has 102 valence electrons. The van der Waals surface area contributed by atoms with Gasteiger partial charge in [0.2, 0.25) is 0 Å². The van der Waals surface area contributed by atoms with Crippen LogP contribution in [-0.4, -0.2) is 11.5 Å². The first-order chi connectivity index (χ1) is 9.08. The van der Waals surface area contributed by atoms with Crippen LogP contribution in [0.2, 0.25) is 0 Å². The standard InChI is InChI=1S/C14H16F2N2S/c1-3-17-13(7-14-18-9(2)8-19-14)10-4-11(15)6-12(16)5-10/h4-6,8,13,17H,3,7H2,1-2H3. The number of benzene rings is 1. The molecular formula is C14H16F2N2S. The maximum Gasteiger partial charge on any atom is 0.126 e. The van der Waals surface area contributed by atoms with Gasteiger partial charge in [-0.05, 0) is 31.2 Å². The summed E-state index contributed by atoms with van der Waals surface area (Å²) in [5.74, 6) is -1.10. The molecule has 19 heavy (non-hydrogen) atoms. The number of nitrogens with zero attached hydrogens (tertiary/aromatic N) is 1. The Balaban J connectivity index is 2.23. The number of hydrogen-bond acceptors (Lipinski definition) is 3. The molecule has 0 aliphatic rings. The molecule has 1 unspecified atom stereocenters. The van der Waals surface area contributed by atoms with Crippen LogP contribution in [0.15, 0.2) is 23.6 Å². The third kappa shape index (κ3) is 3.81. The van der Waals surface area contributed by atoms with Crippen molar-refractivity contribution in [2.24, 2.45) is 0 Å². The van der Waals surface area contributed by atoms with Crippen LogP contribution in [0.25, 0.3) is 0 Å². The fourth-order valence-electron chi connectivity index (χ4n) is 2.00. The SMILES string of the molecule is CCNC(Cc1nc(C)cs1)c1cc(F)cc(F)c1. The minimum atomic E-state index is -0.548. The molecular weight excluding hydrogens is 266 g/mol. The van der Waals surface area contributed by atoms with E-state index in [9.17, 15) is 8.78 Å². The van der Waals surface area contributed by atoms with E-state index in [1.54, 1.807) is 11.3 Å². The Labute approximate surface area is 115 Å². The number of aromatic nitrogens is 1. The zero-order valence-electron chi connectivity index (χ0n) is 10.9. The van der Waals surface area contributed by atoms with Gasteiger partial charge in [-0.3, -0.25) is 0 Å². The Kier molecular flexibility index (Phi) is 4.61. The van der Waals surface area contributed by atoms with Crippen molar-refractivity contribution in [3.63, 3.8) is 0 Å². The molecule has 0 radical (unpaired) electrons. The summed E-state index contributed by atoms with van der Waals surface area (Å²) >= 11 is 1.57. The number of nitrogens with one attached hydrogen (secondary N) is 1. The van der Waals surface area contributed by atoms with E-state index in [4.69, 9.17) is 0 Å². The highest BCUT2D eigenvalue weighted by molar-refractivity contribution is 7.09. The van der Waals surface area contributed by atoms with Crippen LogP contribution in [0.5, 0.6) is 0 Å². The van der Waals surface area contributed by atoms with Gasteiger partial charge < -0.3 is 5.32 Å². The Morgan fingerprint density at radius 3 is 2.47 bits per heavy atom. The molecule has 0 saturated heterocycles. The molecule has 0 amide bonds. The summed E-state index contributed by atoms with van der Waals surface area (Å²) in [6.07, 6.45) is 0.634. The smallest absolute Gasteiger partial charge is 0.126 e. The lowest BCUT2D eigenvalue weighted by molar-refractivity contribution is 0.528. The van der Waals surface area contributed by atoms with Crippen LogP contribution < -0.4 is 5.32 Å². The van der Waals surface area contributed by atoms with Crippen LogP contribution in [-0.2, 0) is 6.42 Å². The summed E-state index contributed by atoms with van der Waals surface area (Å²) in [5, 5.41) is 6.19. The summed E-state index contributed by atoms with van der Waals surface area (Å²) in [6, 6.07) is 3.51. The van der Waals surface area contributed by atoms with E-state index >= 15 is 0 Å². The van der Waals surface area contributed by atoms with E-state index in [0.717, 1.165) is 23.3 Å². The van der Waals surface area contributed by atoms with Gasteiger partial charge in [0.05, 0.1) is 5.01 Å². The van der Waals surface area contributed by atoms with Crippen LogP contribution in [0.4, 0.5) is 8.78 Å². The van der Waals surface area contributed by atoms with E-state index < -0.39 is 11.6 Å². The minimum Gasteiger partial charge on any atom is -0.310 e. The fraction of sp³-hybridized carbons (Fsp3) is 0.357. The highest BCUT2D eigenvalue weighted by atomic mass is 32.1. The lowest BCUT2D eigenvalue weighted by Crippen LogP contribution is -2.23. The topological polar surface area (TPSA) is 24.9 Å². The zero-order valence-corrected chi connectivity index (χ0v) is 11.7. The predicted molar refractivity (Wildman–Crippen MR) is 73.3 cm³/mol. The van der Waals surface area contributed by atoms with Crippen molar-refractivity contribution in [2.75, 3.05) is 6.54 Å². The second kappa shape index (κ2) is 6.21. The molecule has 1 heterocycles. The molecule has 1 N–H and O–H groups in total. The van der Waals surface area contributed by atoms with Crippen molar-refractivity contribution >= 4 is 11.3 Å². The van der Waals surface area contributed by atoms with E-state index in [2.05, 4.69) is 10.3 Å². The molecule has 0 fully saturated rings. The number of halogens is 2. The van der Waals surface area contributed by atoms with Crippen molar-refractivity contribution in [3.05, 3.63) is 51.5 Å². The first-order valence-electron chi connectivity index (χ1n) is 6.19. The molecule has 1 aromatic carbocycles. The predicted octanol–water partition coefficient (Wildman–Crippen LogP) is 3.62. The van der Waals surface area contributed by atoms with Gasteiger partial charge in [0.15, 0.2) is 0 Å². The molecule has 1 atom stereocenters. The summed E-state index contributed by atoms with van der Waals surface area (Å²) in [4.78, 5) is 4.39. The molecule has 2 aromatic rings. The van der Waals surface area contributed by atoms with Crippen molar-refractivity contribution in [1.29, 1.82) is 0 Å². The molecule has 2 nitrogen and oxygen atoms in total. The van der Waals surface area contributed by atoms with Gasteiger partial charge in [0.25, 0.3) is 0 Å². The van der Waals surface area contributed by atoms with E-state index in [1.165, 1.54) is 12.1 Å². The quantitative estimate of drug-likeness (QED) is 0.906. The van der Waals surface area contributed by atoms with Crippen LogP contribution in [0.3, 0.4) is 0 Å². The van der Waals surface area contributed by atoms with E-state index in [0.29, 0.717) is 12.0 Å². The first kappa shape index (κ1) is 14.1. The average molecular weight is 282 g/mol. The molecule has 0 saturated carbocycles. The molecule has 5 heteroatoms. The van der Waals surface area contributed by atoms with Crippen molar-refractivity contribution in [3.8, 4) is 0 Å². The lowest BCUT2D eigenvalue weighted by atomic mass is 10.0. The molecule has 0 spiro atoms. The van der Waals surface area contributed by atoms with Crippen molar-refractivity contribution in [2.45, 2.75) is 26.3 Å². The summed E-state index contributed by atoms with van der Waals surface area (Å²) in [6.45, 7) is 4.63. The third-order valence-corrected chi connectivity index (χ3v) is 3.77.